The quantitative estimate of drug-likeness (QED) is 0.178. The summed E-state index contributed by atoms with van der Waals surface area (Å²) in [7, 11) is -6.00. The number of nitrogens with two attached hydrogens (primary N) is 1. The van der Waals surface area contributed by atoms with Crippen LogP contribution in [-0.2, 0) is 0 Å². The average molecular weight is 223 g/mol. The summed E-state index contributed by atoms with van der Waals surface area (Å²) < 4.78 is 39.0. The van der Waals surface area contributed by atoms with Gasteiger partial charge in [-0.05, 0) is 0 Å². The lowest BCUT2D eigenvalue weighted by Gasteiger charge is -1.94. The van der Waals surface area contributed by atoms with E-state index in [1.807, 2.05) is 18.2 Å². The van der Waals surface area contributed by atoms with Crippen LogP contribution in [-0.4, -0.2) is 12.1 Å². The molecule has 2 rings (SSSR count). The Bertz CT molecular complexity index is 375. The Morgan fingerprint density at radius 3 is 2.27 bits per heavy atom. The number of nitrogens with zero attached hydrogens (tertiary/aromatic N) is 2. The highest BCUT2D eigenvalue weighted by molar-refractivity contribution is 6.50. The van der Waals surface area contributed by atoms with E-state index >= 15 is 0 Å². The molecule has 0 fully saturated rings. The number of hydrogen-bond acceptors (Lipinski definition) is 2. The first-order valence-electron chi connectivity index (χ1n) is 3.85. The number of hydrogen-bond donors (Lipinski definition) is 1. The highest BCUT2D eigenvalue weighted by Crippen LogP contribution is 2.21. The van der Waals surface area contributed by atoms with E-state index in [0.717, 1.165) is 5.69 Å². The number of para-hydroxylation sites is 1. The molecule has 1 heterocycles. The van der Waals surface area contributed by atoms with Crippen LogP contribution in [0.15, 0.2) is 29.5 Å². The Morgan fingerprint density at radius 1 is 1.20 bits per heavy atom. The molecule has 0 spiro atoms. The van der Waals surface area contributed by atoms with Crippen molar-refractivity contribution in [3.8, 4) is 0 Å². The summed E-state index contributed by atoms with van der Waals surface area (Å²) in [5.74, 6) is 0. The summed E-state index contributed by atoms with van der Waals surface area (Å²) in [4.78, 5) is 0.620. The molecular formula is C6H6BF4N3O. The minimum atomic E-state index is -6.00. The van der Waals surface area contributed by atoms with Crippen molar-refractivity contribution < 1.29 is 27.5 Å². The zero-order valence-corrected chi connectivity index (χ0v) is 7.28. The van der Waals surface area contributed by atoms with Crippen molar-refractivity contribution in [2.24, 2.45) is 5.22 Å². The Hall–Kier alpha value is -1.64. The molecule has 2 N–H and O–H groups in total. The fraction of sp³-hybridized carbons (Fsp3) is 0. The molecule has 0 aromatic heterocycles. The first-order valence-corrected chi connectivity index (χ1v) is 3.85. The van der Waals surface area contributed by atoms with Gasteiger partial charge in [-0.2, -0.15) is 0 Å². The van der Waals surface area contributed by atoms with Crippen LogP contribution in [0.3, 0.4) is 0 Å². The van der Waals surface area contributed by atoms with Gasteiger partial charge < -0.3 is 22.5 Å². The van der Waals surface area contributed by atoms with Gasteiger partial charge in [0, 0.05) is 17.0 Å². The Morgan fingerprint density at radius 2 is 1.73 bits per heavy atom. The molecular weight excluding hydrogens is 217 g/mol. The van der Waals surface area contributed by atoms with Gasteiger partial charge in [-0.25, -0.2) is 0 Å². The predicted molar refractivity (Wildman–Crippen MR) is 43.9 cm³/mol. The van der Waals surface area contributed by atoms with Crippen LogP contribution >= 0.6 is 0 Å². The van der Waals surface area contributed by atoms with Crippen molar-refractivity contribution in [1.29, 1.82) is 0 Å². The number of rotatable bonds is 0. The lowest BCUT2D eigenvalue weighted by atomic mass is 10.3. The molecule has 1 aliphatic rings. The minimum Gasteiger partial charge on any atom is -0.590 e. The lowest BCUT2D eigenvalue weighted by molar-refractivity contribution is -0.669. The minimum absolute atomic E-state index is 0.620. The molecule has 0 aliphatic carbocycles. The van der Waals surface area contributed by atoms with E-state index in [-0.39, 0.29) is 0 Å². The van der Waals surface area contributed by atoms with Crippen LogP contribution in [0.1, 0.15) is 0 Å². The smallest absolute Gasteiger partial charge is 0.590 e. The number of quaternary nitrogens is 1. The average Bonchev–Trinajstić information content (AvgIpc) is 2.46. The molecule has 0 unspecified atom stereocenters. The van der Waals surface area contributed by atoms with E-state index in [1.54, 1.807) is 11.5 Å². The van der Waals surface area contributed by atoms with Gasteiger partial charge >= 0.3 is 12.9 Å². The van der Waals surface area contributed by atoms with Gasteiger partial charge in [-0.15, -0.1) is 5.43 Å². The van der Waals surface area contributed by atoms with Gasteiger partial charge in [0.2, 0.25) is 5.69 Å². The van der Waals surface area contributed by atoms with Crippen molar-refractivity contribution in [1.82, 2.24) is 0 Å². The zero-order valence-electron chi connectivity index (χ0n) is 7.28. The normalized spacial score (nSPS) is 13.7. The molecule has 1 aromatic carbocycles. The first-order chi connectivity index (χ1) is 6.88. The van der Waals surface area contributed by atoms with Gasteiger partial charge in [0.05, 0.1) is 0 Å². The lowest BCUT2D eigenvalue weighted by Crippen LogP contribution is -2.69. The third kappa shape index (κ3) is 3.94. The SMILES string of the molecule is F[B-](F)(F)F.[O-][N+]1=N[NH2+]c2ccccc21. The largest absolute Gasteiger partial charge is 0.673 e. The van der Waals surface area contributed by atoms with Gasteiger partial charge in [0.25, 0.3) is 0 Å². The summed E-state index contributed by atoms with van der Waals surface area (Å²) >= 11 is 0. The monoisotopic (exact) mass is 223 g/mol. The summed E-state index contributed by atoms with van der Waals surface area (Å²) in [6.07, 6.45) is 0. The fourth-order valence-corrected chi connectivity index (χ4v) is 0.948. The van der Waals surface area contributed by atoms with Crippen LogP contribution in [0, 0.1) is 5.21 Å². The molecule has 0 saturated heterocycles. The topological polar surface area (TPSA) is 55.0 Å². The van der Waals surface area contributed by atoms with Crippen molar-refractivity contribution in [2.45, 2.75) is 0 Å². The van der Waals surface area contributed by atoms with Crippen LogP contribution in [0.5, 0.6) is 0 Å². The van der Waals surface area contributed by atoms with Gasteiger partial charge in [0.1, 0.15) is 0 Å². The maximum absolute atomic E-state index is 10.8. The molecule has 82 valence electrons. The fourth-order valence-electron chi connectivity index (χ4n) is 0.948. The molecule has 1 aromatic rings. The van der Waals surface area contributed by atoms with E-state index in [2.05, 4.69) is 5.22 Å². The number of benzene rings is 1. The van der Waals surface area contributed by atoms with Gasteiger partial charge in [0.15, 0.2) is 5.22 Å². The van der Waals surface area contributed by atoms with Crippen LogP contribution < -0.4 is 5.43 Å². The summed E-state index contributed by atoms with van der Waals surface area (Å²) in [6, 6.07) is 7.30. The molecule has 0 amide bonds. The zero-order chi connectivity index (χ0) is 11.5. The first kappa shape index (κ1) is 11.4. The van der Waals surface area contributed by atoms with Crippen LogP contribution in [0.2, 0.25) is 0 Å². The van der Waals surface area contributed by atoms with E-state index in [1.165, 1.54) is 0 Å². The predicted octanol–water partition coefficient (Wildman–Crippen LogP) is 1.70. The number of fused-ring (bicyclic) bond motifs is 1. The summed E-state index contributed by atoms with van der Waals surface area (Å²) in [5, 5.41) is 14.3. The molecule has 4 nitrogen and oxygen atoms in total. The maximum atomic E-state index is 10.8. The second-order valence-electron chi connectivity index (χ2n) is 2.57. The maximum Gasteiger partial charge on any atom is 0.673 e. The molecule has 0 bridgehead atoms. The molecule has 1 aliphatic heterocycles. The van der Waals surface area contributed by atoms with E-state index in [0.29, 0.717) is 10.5 Å². The molecule has 9 heteroatoms. The van der Waals surface area contributed by atoms with E-state index in [9.17, 15) is 22.5 Å². The van der Waals surface area contributed by atoms with E-state index < -0.39 is 7.25 Å². The van der Waals surface area contributed by atoms with Gasteiger partial charge in [-0.1, -0.05) is 12.1 Å². The highest BCUT2D eigenvalue weighted by Gasteiger charge is 2.22. The number of halogens is 4. The Labute approximate surface area is 81.9 Å². The second kappa shape index (κ2) is 4.26. The third-order valence-corrected chi connectivity index (χ3v) is 1.44. The molecule has 15 heavy (non-hydrogen) atoms. The van der Waals surface area contributed by atoms with Crippen LogP contribution in [0.4, 0.5) is 28.6 Å². The van der Waals surface area contributed by atoms with Crippen molar-refractivity contribution in [2.75, 3.05) is 0 Å². The summed E-state index contributed by atoms with van der Waals surface area (Å²) in [5.41, 5.74) is 3.07. The molecule has 0 saturated carbocycles. The standard InChI is InChI=1S/C6H5N3O.BF4/c10-9-6-4-2-1-3-5(6)7-8-9;2-1(3,4)5/h1-4,7H;/q;-1/p+1. The molecule has 0 radical (unpaired) electrons. The van der Waals surface area contributed by atoms with Crippen LogP contribution in [0.25, 0.3) is 0 Å². The van der Waals surface area contributed by atoms with Crippen molar-refractivity contribution in [3.05, 3.63) is 29.5 Å². The molecule has 0 atom stereocenters. The second-order valence-corrected chi connectivity index (χ2v) is 2.57. The van der Waals surface area contributed by atoms with Crippen molar-refractivity contribution >= 4 is 18.6 Å². The highest BCUT2D eigenvalue weighted by atomic mass is 19.5. The Balaban J connectivity index is 0.000000195. The van der Waals surface area contributed by atoms with Crippen molar-refractivity contribution in [3.63, 3.8) is 0 Å². The summed E-state index contributed by atoms with van der Waals surface area (Å²) in [6.45, 7) is 0. The van der Waals surface area contributed by atoms with Gasteiger partial charge in [-0.3, -0.25) is 0 Å². The Kier molecular flexibility index (Phi) is 3.25. The third-order valence-electron chi connectivity index (χ3n) is 1.44. The van der Waals surface area contributed by atoms with E-state index in [4.69, 9.17) is 0 Å².